The number of nitrogens with one attached hydrogen (secondary N) is 1. The van der Waals surface area contributed by atoms with Crippen molar-refractivity contribution in [2.24, 2.45) is 0 Å². The number of aromatic nitrogens is 2. The lowest BCUT2D eigenvalue weighted by atomic mass is 10.1. The maximum atomic E-state index is 5.49. The van der Waals surface area contributed by atoms with Gasteiger partial charge in [-0.25, -0.2) is 9.97 Å². The highest BCUT2D eigenvalue weighted by molar-refractivity contribution is 5.90. The number of methoxy groups -OCH3 is 2. The van der Waals surface area contributed by atoms with Crippen molar-refractivity contribution in [3.05, 3.63) is 78.4 Å². The Hall–Kier alpha value is -3.60. The quantitative estimate of drug-likeness (QED) is 0.521. The molecule has 0 aliphatic rings. The zero-order valence-corrected chi connectivity index (χ0v) is 15.8. The van der Waals surface area contributed by atoms with E-state index in [2.05, 4.69) is 5.32 Å². The van der Waals surface area contributed by atoms with E-state index in [0.717, 1.165) is 39.3 Å². The maximum absolute atomic E-state index is 5.49. The monoisotopic (exact) mass is 371 g/mol. The lowest BCUT2D eigenvalue weighted by Gasteiger charge is -2.14. The minimum absolute atomic E-state index is 0.594. The van der Waals surface area contributed by atoms with Crippen molar-refractivity contribution < 1.29 is 9.47 Å². The van der Waals surface area contributed by atoms with Gasteiger partial charge in [-0.05, 0) is 30.3 Å². The average Bonchev–Trinajstić information content (AvgIpc) is 2.77. The fraction of sp³-hybridized carbons (Fsp3) is 0.130. The van der Waals surface area contributed by atoms with E-state index >= 15 is 0 Å². The van der Waals surface area contributed by atoms with Crippen molar-refractivity contribution in [3.63, 3.8) is 0 Å². The van der Waals surface area contributed by atoms with Gasteiger partial charge < -0.3 is 14.8 Å². The van der Waals surface area contributed by atoms with Gasteiger partial charge in [-0.1, -0.05) is 42.5 Å². The molecule has 0 saturated carbocycles. The number of anilines is 1. The van der Waals surface area contributed by atoms with Crippen LogP contribution in [0.1, 0.15) is 5.56 Å². The molecule has 0 radical (unpaired) electrons. The number of nitrogens with zero attached hydrogens (tertiary/aromatic N) is 2. The van der Waals surface area contributed by atoms with Gasteiger partial charge in [0.25, 0.3) is 0 Å². The second-order valence-electron chi connectivity index (χ2n) is 6.28. The zero-order chi connectivity index (χ0) is 19.3. The van der Waals surface area contributed by atoms with Crippen molar-refractivity contribution in [1.82, 2.24) is 9.97 Å². The van der Waals surface area contributed by atoms with Gasteiger partial charge in [-0.15, -0.1) is 0 Å². The molecule has 5 heteroatoms. The highest BCUT2D eigenvalue weighted by Crippen LogP contribution is 2.31. The first-order chi connectivity index (χ1) is 13.8. The third-order valence-corrected chi connectivity index (χ3v) is 4.59. The molecule has 0 aliphatic carbocycles. The van der Waals surface area contributed by atoms with E-state index in [-0.39, 0.29) is 0 Å². The Balaban J connectivity index is 1.77. The Morgan fingerprint density at radius 2 is 1.43 bits per heavy atom. The zero-order valence-electron chi connectivity index (χ0n) is 15.8. The van der Waals surface area contributed by atoms with Crippen LogP contribution in [-0.4, -0.2) is 24.2 Å². The van der Waals surface area contributed by atoms with Crippen LogP contribution in [0.3, 0.4) is 0 Å². The predicted octanol–water partition coefficient (Wildman–Crippen LogP) is 4.93. The molecule has 1 aromatic heterocycles. The van der Waals surface area contributed by atoms with Crippen LogP contribution in [0.15, 0.2) is 72.8 Å². The van der Waals surface area contributed by atoms with Crippen molar-refractivity contribution in [2.45, 2.75) is 6.54 Å². The summed E-state index contributed by atoms with van der Waals surface area (Å²) in [6.07, 6.45) is 0. The molecule has 0 atom stereocenters. The molecule has 1 heterocycles. The number of hydrogen-bond acceptors (Lipinski definition) is 5. The first-order valence-corrected chi connectivity index (χ1v) is 9.06. The smallest absolute Gasteiger partial charge is 0.165 e. The maximum Gasteiger partial charge on any atom is 0.165 e. The average molecular weight is 371 g/mol. The number of ether oxygens (including phenoxy) is 2. The highest BCUT2D eigenvalue weighted by Gasteiger charge is 2.13. The summed E-state index contributed by atoms with van der Waals surface area (Å²) in [7, 11) is 3.33. The van der Waals surface area contributed by atoms with Gasteiger partial charge in [0.05, 0.1) is 25.3 Å². The van der Waals surface area contributed by atoms with Gasteiger partial charge in [0.2, 0.25) is 0 Å². The second kappa shape index (κ2) is 7.96. The van der Waals surface area contributed by atoms with E-state index < -0.39 is 0 Å². The summed E-state index contributed by atoms with van der Waals surface area (Å²) in [5.41, 5.74) is 2.79. The van der Waals surface area contributed by atoms with Crippen LogP contribution in [0.25, 0.3) is 22.3 Å². The highest BCUT2D eigenvalue weighted by atomic mass is 16.5. The summed E-state index contributed by atoms with van der Waals surface area (Å²) in [5, 5.41) is 4.42. The number of hydrogen-bond donors (Lipinski definition) is 1. The van der Waals surface area contributed by atoms with Crippen molar-refractivity contribution >= 4 is 16.7 Å². The predicted molar refractivity (Wildman–Crippen MR) is 112 cm³/mol. The topological polar surface area (TPSA) is 56.3 Å². The summed E-state index contributed by atoms with van der Waals surface area (Å²) in [6.45, 7) is 0.594. The first kappa shape index (κ1) is 17.8. The molecule has 0 fully saturated rings. The van der Waals surface area contributed by atoms with Gasteiger partial charge >= 0.3 is 0 Å². The van der Waals surface area contributed by atoms with Gasteiger partial charge in [0, 0.05) is 17.5 Å². The molecule has 0 aliphatic heterocycles. The number of benzene rings is 3. The van der Waals surface area contributed by atoms with Crippen molar-refractivity contribution in [1.29, 1.82) is 0 Å². The molecule has 140 valence electrons. The van der Waals surface area contributed by atoms with Crippen LogP contribution in [-0.2, 0) is 6.54 Å². The van der Waals surface area contributed by atoms with Crippen LogP contribution in [0, 0.1) is 0 Å². The molecule has 4 rings (SSSR count). The van der Waals surface area contributed by atoms with E-state index in [1.807, 2.05) is 72.8 Å². The fourth-order valence-electron chi connectivity index (χ4n) is 3.19. The first-order valence-electron chi connectivity index (χ1n) is 9.06. The van der Waals surface area contributed by atoms with E-state index in [1.165, 1.54) is 0 Å². The Morgan fingerprint density at radius 1 is 0.750 bits per heavy atom. The molecule has 0 spiro atoms. The molecule has 1 N–H and O–H groups in total. The largest absolute Gasteiger partial charge is 0.496 e. The number of rotatable bonds is 6. The lowest BCUT2D eigenvalue weighted by Crippen LogP contribution is -2.05. The van der Waals surface area contributed by atoms with Crippen LogP contribution in [0.2, 0.25) is 0 Å². The summed E-state index contributed by atoms with van der Waals surface area (Å²) < 4.78 is 10.9. The minimum atomic E-state index is 0.594. The number of fused-ring (bicyclic) bond motifs is 1. The molecular weight excluding hydrogens is 350 g/mol. The Morgan fingerprint density at radius 3 is 2.25 bits per heavy atom. The standard InChI is InChI=1S/C23H21N3O2/c1-27-20-13-7-3-9-16(20)15-24-22-17-10-4-6-12-19(17)25-23(26-22)18-11-5-8-14-21(18)28-2/h3-14H,15H2,1-2H3,(H,24,25,26). The third kappa shape index (κ3) is 3.47. The molecule has 0 unspecified atom stereocenters. The molecule has 0 saturated heterocycles. The van der Waals surface area contributed by atoms with Crippen molar-refractivity contribution in [2.75, 3.05) is 19.5 Å². The molecule has 4 aromatic rings. The van der Waals surface area contributed by atoms with E-state index in [9.17, 15) is 0 Å². The SMILES string of the molecule is COc1ccccc1CNc1nc(-c2ccccc2OC)nc2ccccc12. The van der Waals surface area contributed by atoms with Crippen LogP contribution in [0.5, 0.6) is 11.5 Å². The Kier molecular flexibility index (Phi) is 5.06. The van der Waals surface area contributed by atoms with Crippen LogP contribution in [0.4, 0.5) is 5.82 Å². The number of para-hydroxylation sites is 3. The minimum Gasteiger partial charge on any atom is -0.496 e. The van der Waals surface area contributed by atoms with Crippen molar-refractivity contribution in [3.8, 4) is 22.9 Å². The molecule has 5 nitrogen and oxygen atoms in total. The Bertz CT molecular complexity index is 1110. The van der Waals surface area contributed by atoms with E-state index in [4.69, 9.17) is 19.4 Å². The van der Waals surface area contributed by atoms with Gasteiger partial charge in [-0.3, -0.25) is 0 Å². The summed E-state index contributed by atoms with van der Waals surface area (Å²) >= 11 is 0. The lowest BCUT2D eigenvalue weighted by molar-refractivity contribution is 0.410. The van der Waals surface area contributed by atoms with Crippen LogP contribution < -0.4 is 14.8 Å². The Labute approximate surface area is 164 Å². The molecular formula is C23H21N3O2. The van der Waals surface area contributed by atoms with E-state index in [1.54, 1.807) is 14.2 Å². The normalized spacial score (nSPS) is 10.6. The molecule has 0 amide bonds. The molecule has 0 bridgehead atoms. The van der Waals surface area contributed by atoms with E-state index in [0.29, 0.717) is 12.4 Å². The van der Waals surface area contributed by atoms with Gasteiger partial charge in [0.1, 0.15) is 17.3 Å². The van der Waals surface area contributed by atoms with Gasteiger partial charge in [-0.2, -0.15) is 0 Å². The molecule has 3 aromatic carbocycles. The third-order valence-electron chi connectivity index (χ3n) is 4.59. The summed E-state index contributed by atoms with van der Waals surface area (Å²) in [4.78, 5) is 9.55. The second-order valence-corrected chi connectivity index (χ2v) is 6.28. The van der Waals surface area contributed by atoms with Gasteiger partial charge in [0.15, 0.2) is 5.82 Å². The summed E-state index contributed by atoms with van der Waals surface area (Å²) in [6, 6.07) is 23.7. The summed E-state index contributed by atoms with van der Waals surface area (Å²) in [5.74, 6) is 2.99. The van der Waals surface area contributed by atoms with Crippen LogP contribution >= 0.6 is 0 Å². The molecule has 28 heavy (non-hydrogen) atoms. The fourth-order valence-corrected chi connectivity index (χ4v) is 3.19.